The maximum Gasteiger partial charge on any atom is 0.255 e. The van der Waals surface area contributed by atoms with Crippen LogP contribution in [0.1, 0.15) is 59.1 Å². The molecule has 1 fully saturated rings. The first-order valence-corrected chi connectivity index (χ1v) is 13.6. The number of carbonyl (C=O) groups is 2. The van der Waals surface area contributed by atoms with E-state index in [1.807, 2.05) is 6.07 Å². The van der Waals surface area contributed by atoms with Crippen LogP contribution >= 0.6 is 23.2 Å². The van der Waals surface area contributed by atoms with E-state index in [-0.39, 0.29) is 23.9 Å². The third kappa shape index (κ3) is 5.10. The summed E-state index contributed by atoms with van der Waals surface area (Å²) in [5, 5.41) is 14.8. The number of nitrogens with zero attached hydrogens (tertiary/aromatic N) is 2. The van der Waals surface area contributed by atoms with Crippen LogP contribution in [0, 0.1) is 0 Å². The van der Waals surface area contributed by atoms with Gasteiger partial charge in [0.2, 0.25) is 5.91 Å². The van der Waals surface area contributed by atoms with Crippen molar-refractivity contribution < 1.29 is 14.7 Å². The quantitative estimate of drug-likeness (QED) is 0.468. The van der Waals surface area contributed by atoms with Gasteiger partial charge in [0.25, 0.3) is 11.5 Å². The molecule has 1 aliphatic carbocycles. The van der Waals surface area contributed by atoms with Crippen LogP contribution in [0.25, 0.3) is 0 Å². The number of carbonyl (C=O) groups excluding carboxylic acids is 2. The lowest BCUT2D eigenvalue weighted by Crippen LogP contribution is -2.55. The van der Waals surface area contributed by atoms with Crippen molar-refractivity contribution in [1.29, 1.82) is 0 Å². The predicted octanol–water partition coefficient (Wildman–Crippen LogP) is 4.56. The second kappa shape index (κ2) is 11.3. The van der Waals surface area contributed by atoms with Crippen LogP contribution in [-0.2, 0) is 11.3 Å². The fourth-order valence-corrected chi connectivity index (χ4v) is 6.26. The highest BCUT2D eigenvalue weighted by molar-refractivity contribution is 6.35. The fraction of sp³-hybridized carbons (Fsp3) is 0.345. The second-order valence-corrected chi connectivity index (χ2v) is 10.7. The Bertz CT molecular complexity index is 1410. The Morgan fingerprint density at radius 2 is 1.74 bits per heavy atom. The smallest absolute Gasteiger partial charge is 0.255 e. The monoisotopic (exact) mass is 553 g/mol. The summed E-state index contributed by atoms with van der Waals surface area (Å²) in [7, 11) is 0. The van der Waals surface area contributed by atoms with Gasteiger partial charge in [0.15, 0.2) is 0 Å². The Morgan fingerprint density at radius 3 is 2.50 bits per heavy atom. The molecule has 5 rings (SSSR count). The van der Waals surface area contributed by atoms with Crippen LogP contribution < -0.4 is 10.9 Å². The number of aliphatic hydroxyl groups excluding tert-OH is 1. The highest BCUT2D eigenvalue weighted by Gasteiger charge is 2.48. The number of pyridine rings is 1. The van der Waals surface area contributed by atoms with Crippen molar-refractivity contribution in [2.75, 3.05) is 6.54 Å². The van der Waals surface area contributed by atoms with Gasteiger partial charge in [0.1, 0.15) is 0 Å². The topological polar surface area (TPSA) is 91.6 Å². The van der Waals surface area contributed by atoms with Crippen LogP contribution in [0.3, 0.4) is 0 Å². The summed E-state index contributed by atoms with van der Waals surface area (Å²) in [6.07, 6.45) is 3.93. The fourth-order valence-electron chi connectivity index (χ4n) is 5.74. The molecule has 2 N–H and O–H groups in total. The number of amides is 2. The van der Waals surface area contributed by atoms with E-state index in [2.05, 4.69) is 5.32 Å². The van der Waals surface area contributed by atoms with Crippen LogP contribution in [0.2, 0.25) is 10.0 Å². The largest absolute Gasteiger partial charge is 0.391 e. The van der Waals surface area contributed by atoms with E-state index in [0.717, 1.165) is 12.8 Å². The molecule has 1 aliphatic heterocycles. The zero-order valence-corrected chi connectivity index (χ0v) is 22.2. The maximum atomic E-state index is 14.0. The first-order valence-electron chi connectivity index (χ1n) is 12.8. The number of aromatic nitrogens is 1. The lowest BCUT2D eigenvalue weighted by molar-refractivity contribution is -0.125. The standard InChI is InChI=1S/C29H29Cl2N3O4/c30-18-12-13-21(22(31)17-18)27-26(28(37)32-14-16-33-15-6-5-11-25(33)36)19-7-1-2-8-20(19)29(38)34(27)23-9-3-4-10-24(23)35/h1-2,5-8,11-13,15,17,23-24,26-27,35H,3-4,9-10,14,16H2,(H,32,37)/t23-,24-,26+,27-/m0/s1. The maximum absolute atomic E-state index is 14.0. The summed E-state index contributed by atoms with van der Waals surface area (Å²) in [6, 6.07) is 15.8. The van der Waals surface area contributed by atoms with E-state index in [9.17, 15) is 19.5 Å². The van der Waals surface area contributed by atoms with E-state index in [0.29, 0.717) is 46.1 Å². The van der Waals surface area contributed by atoms with E-state index < -0.39 is 24.1 Å². The molecule has 0 saturated heterocycles. The van der Waals surface area contributed by atoms with Crippen molar-refractivity contribution in [1.82, 2.24) is 14.8 Å². The molecule has 2 heterocycles. The number of hydrogen-bond acceptors (Lipinski definition) is 4. The van der Waals surface area contributed by atoms with Gasteiger partial charge in [-0.25, -0.2) is 0 Å². The molecule has 2 amide bonds. The summed E-state index contributed by atoms with van der Waals surface area (Å²) >= 11 is 12.9. The van der Waals surface area contributed by atoms with Gasteiger partial charge in [-0.2, -0.15) is 0 Å². The average Bonchev–Trinajstić information content (AvgIpc) is 2.90. The van der Waals surface area contributed by atoms with E-state index in [4.69, 9.17) is 23.2 Å². The minimum absolute atomic E-state index is 0.154. The van der Waals surface area contributed by atoms with Gasteiger partial charge in [-0.3, -0.25) is 14.4 Å². The number of benzene rings is 2. The Kier molecular flexibility index (Phi) is 7.88. The van der Waals surface area contributed by atoms with E-state index in [1.54, 1.807) is 59.6 Å². The molecule has 9 heteroatoms. The minimum atomic E-state index is -0.788. The van der Waals surface area contributed by atoms with Crippen molar-refractivity contribution in [3.63, 3.8) is 0 Å². The Labute approximate surface area is 231 Å². The average molecular weight is 554 g/mol. The van der Waals surface area contributed by atoms with Gasteiger partial charge in [0, 0.05) is 41.0 Å². The minimum Gasteiger partial charge on any atom is -0.391 e. The molecule has 0 unspecified atom stereocenters. The van der Waals surface area contributed by atoms with Crippen molar-refractivity contribution >= 4 is 35.0 Å². The summed E-state index contributed by atoms with van der Waals surface area (Å²) in [6.45, 7) is 0.526. The highest BCUT2D eigenvalue weighted by Crippen LogP contribution is 2.47. The normalized spacial score (nSPS) is 23.1. The molecule has 0 spiro atoms. The number of rotatable bonds is 6. The third-order valence-electron chi connectivity index (χ3n) is 7.54. The number of nitrogens with one attached hydrogen (secondary N) is 1. The van der Waals surface area contributed by atoms with E-state index in [1.165, 1.54) is 10.6 Å². The summed E-state index contributed by atoms with van der Waals surface area (Å²) < 4.78 is 1.52. The third-order valence-corrected chi connectivity index (χ3v) is 8.10. The Balaban J connectivity index is 1.57. The molecule has 7 nitrogen and oxygen atoms in total. The molecule has 38 heavy (non-hydrogen) atoms. The van der Waals surface area contributed by atoms with Gasteiger partial charge in [0.05, 0.1) is 24.1 Å². The molecule has 1 aromatic heterocycles. The number of aliphatic hydroxyl groups is 1. The molecule has 2 aliphatic rings. The molecule has 198 valence electrons. The van der Waals surface area contributed by atoms with Gasteiger partial charge in [-0.1, -0.05) is 66.4 Å². The van der Waals surface area contributed by atoms with Gasteiger partial charge < -0.3 is 19.9 Å². The van der Waals surface area contributed by atoms with Crippen LogP contribution in [0.15, 0.2) is 71.7 Å². The van der Waals surface area contributed by atoms with E-state index >= 15 is 0 Å². The van der Waals surface area contributed by atoms with Crippen molar-refractivity contribution in [2.24, 2.45) is 0 Å². The molecule has 0 bridgehead atoms. The van der Waals surface area contributed by atoms with Crippen molar-refractivity contribution in [3.8, 4) is 0 Å². The zero-order chi connectivity index (χ0) is 26.8. The highest BCUT2D eigenvalue weighted by atomic mass is 35.5. The molecule has 2 aromatic carbocycles. The van der Waals surface area contributed by atoms with Gasteiger partial charge in [-0.05, 0) is 48.2 Å². The molecule has 1 saturated carbocycles. The summed E-state index contributed by atoms with van der Waals surface area (Å²) in [5.74, 6) is -1.31. The molecule has 4 atom stereocenters. The predicted molar refractivity (Wildman–Crippen MR) is 147 cm³/mol. The molecular formula is C29H29Cl2N3O4. The SMILES string of the molecule is O=C(NCCn1ccccc1=O)[C@@H]1c2ccccc2C(=O)N([C@H]2CCCC[C@@H]2O)[C@H]1c1ccc(Cl)cc1Cl. The lowest BCUT2D eigenvalue weighted by Gasteiger charge is -2.48. The van der Waals surface area contributed by atoms with Crippen LogP contribution in [-0.4, -0.2) is 45.1 Å². The first kappa shape index (κ1) is 26.5. The molecule has 3 aromatic rings. The lowest BCUT2D eigenvalue weighted by atomic mass is 9.76. The zero-order valence-electron chi connectivity index (χ0n) is 20.7. The van der Waals surface area contributed by atoms with Gasteiger partial charge in [-0.15, -0.1) is 0 Å². The van der Waals surface area contributed by atoms with Crippen LogP contribution in [0.5, 0.6) is 0 Å². The Morgan fingerprint density at radius 1 is 0.974 bits per heavy atom. The first-order chi connectivity index (χ1) is 18.4. The molecular weight excluding hydrogens is 525 g/mol. The number of hydrogen-bond donors (Lipinski definition) is 2. The Hall–Kier alpha value is -3.13. The second-order valence-electron chi connectivity index (χ2n) is 9.83. The summed E-state index contributed by atoms with van der Waals surface area (Å²) in [4.78, 5) is 41.7. The number of halogens is 2. The molecule has 0 radical (unpaired) electrons. The van der Waals surface area contributed by atoms with Gasteiger partial charge >= 0.3 is 0 Å². The van der Waals surface area contributed by atoms with Crippen LogP contribution in [0.4, 0.5) is 0 Å². The number of fused-ring (bicyclic) bond motifs is 1. The summed E-state index contributed by atoms with van der Waals surface area (Å²) in [5.41, 5.74) is 1.48. The van der Waals surface area contributed by atoms with Crippen molar-refractivity contribution in [2.45, 2.75) is 56.3 Å². The van der Waals surface area contributed by atoms with Crippen molar-refractivity contribution in [3.05, 3.63) is 104 Å².